The Morgan fingerprint density at radius 3 is 2.41 bits per heavy atom. The third kappa shape index (κ3) is 6.65. The third-order valence-electron chi connectivity index (χ3n) is 4.49. The Labute approximate surface area is 170 Å². The van der Waals surface area contributed by atoms with E-state index in [1.807, 2.05) is 44.2 Å². The van der Waals surface area contributed by atoms with E-state index < -0.39 is 30.4 Å². The first-order valence-corrected chi connectivity index (χ1v) is 9.51. The first kappa shape index (κ1) is 22.5. The minimum Gasteiger partial charge on any atom is -0.426 e. The van der Waals surface area contributed by atoms with E-state index in [1.54, 1.807) is 6.92 Å². The minimum atomic E-state index is -1.71. The number of nitrogens with zero attached hydrogens (tertiary/aromatic N) is 2. The van der Waals surface area contributed by atoms with Crippen molar-refractivity contribution in [2.45, 2.75) is 45.1 Å². The lowest BCUT2D eigenvalue weighted by molar-refractivity contribution is -0.127. The minimum absolute atomic E-state index is 0.0838. The zero-order valence-corrected chi connectivity index (χ0v) is 16.9. The fourth-order valence-electron chi connectivity index (χ4n) is 3.01. The average Bonchev–Trinajstić information content (AvgIpc) is 2.68. The van der Waals surface area contributed by atoms with Crippen molar-refractivity contribution in [2.75, 3.05) is 0 Å². The lowest BCUT2D eigenvalue weighted by Crippen LogP contribution is -2.62. The van der Waals surface area contributed by atoms with Gasteiger partial charge in [-0.15, -0.1) is 0 Å². The second kappa shape index (κ2) is 10.1. The van der Waals surface area contributed by atoms with Crippen LogP contribution in [0.1, 0.15) is 43.2 Å². The normalized spacial score (nSPS) is 14.0. The van der Waals surface area contributed by atoms with Gasteiger partial charge in [0.05, 0.1) is 12.1 Å². The van der Waals surface area contributed by atoms with Crippen LogP contribution in [0.3, 0.4) is 0 Å². The summed E-state index contributed by atoms with van der Waals surface area (Å²) < 4.78 is 0. The fraction of sp³-hybridized carbons (Fsp3) is 0.400. The molecule has 4 N–H and O–H groups in total. The number of aromatic nitrogens is 2. The molecule has 2 amide bonds. The molecule has 2 rings (SSSR count). The Kier molecular flexibility index (Phi) is 7.87. The maximum Gasteiger partial charge on any atom is 0.475 e. The SMILES string of the molecule is CC(C)C[C@H](NC(=O)C(C)(Cc1ccccc1)NC(=O)c1cnccn1)B(O)O. The van der Waals surface area contributed by atoms with Gasteiger partial charge < -0.3 is 20.7 Å². The van der Waals surface area contributed by atoms with Crippen molar-refractivity contribution in [3.8, 4) is 0 Å². The highest BCUT2D eigenvalue weighted by Crippen LogP contribution is 2.16. The molecule has 0 saturated heterocycles. The number of carbonyl (C=O) groups excluding carboxylic acids is 2. The Bertz CT molecular complexity index is 805. The topological polar surface area (TPSA) is 124 Å². The summed E-state index contributed by atoms with van der Waals surface area (Å²) in [4.78, 5) is 33.7. The molecular formula is C20H27BN4O4. The summed E-state index contributed by atoms with van der Waals surface area (Å²) in [6.07, 6.45) is 4.75. The molecule has 154 valence electrons. The molecule has 1 aromatic carbocycles. The fourth-order valence-corrected chi connectivity index (χ4v) is 3.01. The molecule has 0 fully saturated rings. The quantitative estimate of drug-likeness (QED) is 0.462. The maximum absolute atomic E-state index is 13.1. The summed E-state index contributed by atoms with van der Waals surface area (Å²) in [7, 11) is -1.71. The first-order valence-electron chi connectivity index (χ1n) is 9.51. The van der Waals surface area contributed by atoms with Gasteiger partial charge in [-0.1, -0.05) is 44.2 Å². The van der Waals surface area contributed by atoms with E-state index in [0.29, 0.717) is 6.42 Å². The van der Waals surface area contributed by atoms with Crippen LogP contribution in [0, 0.1) is 5.92 Å². The maximum atomic E-state index is 13.1. The molecule has 1 aromatic heterocycles. The number of rotatable bonds is 9. The zero-order chi connectivity index (χ0) is 21.4. The van der Waals surface area contributed by atoms with E-state index in [1.165, 1.54) is 18.6 Å². The summed E-state index contributed by atoms with van der Waals surface area (Å²) in [5, 5.41) is 24.7. The summed E-state index contributed by atoms with van der Waals surface area (Å²) in [5.74, 6) is -1.78. The lowest BCUT2D eigenvalue weighted by Gasteiger charge is -2.32. The van der Waals surface area contributed by atoms with Gasteiger partial charge >= 0.3 is 7.12 Å². The largest absolute Gasteiger partial charge is 0.475 e. The van der Waals surface area contributed by atoms with E-state index in [0.717, 1.165) is 5.56 Å². The standard InChI is InChI=1S/C20H27BN4O4/c1-14(2)11-17(21(28)29)24-19(27)20(3,12-15-7-5-4-6-8-15)25-18(26)16-13-22-9-10-23-16/h4-10,13-14,17,28-29H,11-12H2,1-3H3,(H,24,27)(H,25,26)/t17-,20?/m0/s1. The van der Waals surface area contributed by atoms with E-state index >= 15 is 0 Å². The Morgan fingerprint density at radius 1 is 1.17 bits per heavy atom. The van der Waals surface area contributed by atoms with Crippen molar-refractivity contribution in [3.05, 3.63) is 60.2 Å². The monoisotopic (exact) mass is 398 g/mol. The van der Waals surface area contributed by atoms with Gasteiger partial charge in [-0.3, -0.25) is 14.6 Å². The molecule has 0 aliphatic heterocycles. The van der Waals surface area contributed by atoms with Crippen molar-refractivity contribution >= 4 is 18.9 Å². The van der Waals surface area contributed by atoms with Crippen LogP contribution in [-0.2, 0) is 11.2 Å². The molecular weight excluding hydrogens is 371 g/mol. The smallest absolute Gasteiger partial charge is 0.426 e. The Morgan fingerprint density at radius 2 is 1.86 bits per heavy atom. The van der Waals surface area contributed by atoms with Crippen molar-refractivity contribution in [3.63, 3.8) is 0 Å². The molecule has 9 heteroatoms. The predicted molar refractivity (Wildman–Crippen MR) is 110 cm³/mol. The van der Waals surface area contributed by atoms with Gasteiger partial charge in [-0.05, 0) is 24.8 Å². The van der Waals surface area contributed by atoms with Gasteiger partial charge in [-0.2, -0.15) is 0 Å². The number of hydrogen-bond donors (Lipinski definition) is 4. The number of amides is 2. The van der Waals surface area contributed by atoms with E-state index in [-0.39, 0.29) is 18.0 Å². The van der Waals surface area contributed by atoms with Gasteiger partial charge in [0, 0.05) is 18.8 Å². The molecule has 1 heterocycles. The van der Waals surface area contributed by atoms with Crippen LogP contribution in [0.2, 0.25) is 0 Å². The first-order chi connectivity index (χ1) is 13.7. The molecule has 29 heavy (non-hydrogen) atoms. The van der Waals surface area contributed by atoms with E-state index in [4.69, 9.17) is 0 Å². The van der Waals surface area contributed by atoms with Crippen LogP contribution in [0.15, 0.2) is 48.9 Å². The Hall–Kier alpha value is -2.78. The number of benzene rings is 1. The summed E-state index contributed by atoms with van der Waals surface area (Å²) in [5.41, 5.74) is -0.421. The van der Waals surface area contributed by atoms with Crippen LogP contribution in [0.25, 0.3) is 0 Å². The van der Waals surface area contributed by atoms with Crippen molar-refractivity contribution in [1.29, 1.82) is 0 Å². The molecule has 0 aliphatic carbocycles. The van der Waals surface area contributed by atoms with Gasteiger partial charge in [-0.25, -0.2) is 4.98 Å². The average molecular weight is 398 g/mol. The Balaban J connectivity index is 2.27. The number of carbonyl (C=O) groups is 2. The third-order valence-corrected chi connectivity index (χ3v) is 4.49. The molecule has 0 bridgehead atoms. The van der Waals surface area contributed by atoms with Gasteiger partial charge in [0.25, 0.3) is 5.91 Å². The van der Waals surface area contributed by atoms with Crippen LogP contribution < -0.4 is 10.6 Å². The highest BCUT2D eigenvalue weighted by molar-refractivity contribution is 6.43. The zero-order valence-electron chi connectivity index (χ0n) is 16.9. The van der Waals surface area contributed by atoms with Crippen molar-refractivity contribution < 1.29 is 19.6 Å². The molecule has 2 atom stereocenters. The van der Waals surface area contributed by atoms with Crippen molar-refractivity contribution in [2.24, 2.45) is 5.92 Å². The van der Waals surface area contributed by atoms with Crippen LogP contribution in [0.5, 0.6) is 0 Å². The highest BCUT2D eigenvalue weighted by Gasteiger charge is 2.38. The summed E-state index contributed by atoms with van der Waals surface area (Å²) >= 11 is 0. The van der Waals surface area contributed by atoms with E-state index in [2.05, 4.69) is 20.6 Å². The van der Waals surface area contributed by atoms with Crippen LogP contribution >= 0.6 is 0 Å². The second-order valence-electron chi connectivity index (χ2n) is 7.66. The number of hydrogen-bond acceptors (Lipinski definition) is 6. The molecule has 1 unspecified atom stereocenters. The predicted octanol–water partition coefficient (Wildman–Crippen LogP) is 0.751. The molecule has 8 nitrogen and oxygen atoms in total. The lowest BCUT2D eigenvalue weighted by atomic mass is 9.74. The molecule has 2 aromatic rings. The van der Waals surface area contributed by atoms with Crippen LogP contribution in [-0.4, -0.2) is 50.4 Å². The van der Waals surface area contributed by atoms with Crippen LogP contribution in [0.4, 0.5) is 0 Å². The molecule has 0 spiro atoms. The molecule has 0 radical (unpaired) electrons. The van der Waals surface area contributed by atoms with E-state index in [9.17, 15) is 19.6 Å². The number of nitrogens with one attached hydrogen (secondary N) is 2. The summed E-state index contributed by atoms with van der Waals surface area (Å²) in [6.45, 7) is 5.43. The van der Waals surface area contributed by atoms with Gasteiger partial charge in [0.15, 0.2) is 0 Å². The summed E-state index contributed by atoms with van der Waals surface area (Å²) in [6, 6.07) is 9.26. The van der Waals surface area contributed by atoms with Gasteiger partial charge in [0.1, 0.15) is 11.2 Å². The molecule has 0 aliphatic rings. The molecule has 0 saturated carbocycles. The highest BCUT2D eigenvalue weighted by atomic mass is 16.4. The van der Waals surface area contributed by atoms with Crippen molar-refractivity contribution in [1.82, 2.24) is 20.6 Å². The second-order valence-corrected chi connectivity index (χ2v) is 7.66. The van der Waals surface area contributed by atoms with Gasteiger partial charge in [0.2, 0.25) is 5.91 Å².